The van der Waals surface area contributed by atoms with Gasteiger partial charge in [0.2, 0.25) is 5.91 Å². The van der Waals surface area contributed by atoms with Gasteiger partial charge in [-0.05, 0) is 38.4 Å². The summed E-state index contributed by atoms with van der Waals surface area (Å²) in [4.78, 5) is 14.2. The average molecular weight is 236 g/mol. The van der Waals surface area contributed by atoms with Crippen LogP contribution in [-0.2, 0) is 11.3 Å². The van der Waals surface area contributed by atoms with Crippen LogP contribution >= 0.6 is 0 Å². The molecule has 1 aromatic heterocycles. The lowest BCUT2D eigenvalue weighted by Gasteiger charge is -2.28. The summed E-state index contributed by atoms with van der Waals surface area (Å²) in [6.45, 7) is 5.17. The predicted molar refractivity (Wildman–Crippen MR) is 65.4 cm³/mol. The van der Waals surface area contributed by atoms with Gasteiger partial charge in [-0.25, -0.2) is 0 Å². The number of piperidine rings is 1. The van der Waals surface area contributed by atoms with Crippen LogP contribution in [0.4, 0.5) is 0 Å². The number of nitrogens with one attached hydrogen (secondary N) is 1. The van der Waals surface area contributed by atoms with E-state index in [1.807, 2.05) is 24.0 Å². The number of hydrogen-bond donors (Lipinski definition) is 1. The molecule has 1 N–H and O–H groups in total. The first-order chi connectivity index (χ1) is 8.31. The maximum absolute atomic E-state index is 12.3. The summed E-state index contributed by atoms with van der Waals surface area (Å²) < 4.78 is 5.29. The van der Waals surface area contributed by atoms with E-state index in [4.69, 9.17) is 4.42 Å². The third kappa shape index (κ3) is 3.09. The Balaban J connectivity index is 1.94. The summed E-state index contributed by atoms with van der Waals surface area (Å²) in [5.74, 6) is 1.23. The van der Waals surface area contributed by atoms with Crippen molar-refractivity contribution in [3.63, 3.8) is 0 Å². The zero-order chi connectivity index (χ0) is 12.1. The molecule has 1 fully saturated rings. The molecule has 17 heavy (non-hydrogen) atoms. The molecule has 0 saturated carbocycles. The second-order valence-electron chi connectivity index (χ2n) is 4.48. The predicted octanol–water partition coefficient (Wildman–Crippen LogP) is 1.63. The van der Waals surface area contributed by atoms with Gasteiger partial charge in [0.15, 0.2) is 0 Å². The highest BCUT2D eigenvalue weighted by Gasteiger charge is 2.25. The maximum Gasteiger partial charge on any atom is 0.227 e. The van der Waals surface area contributed by atoms with Crippen molar-refractivity contribution in [3.05, 3.63) is 24.2 Å². The van der Waals surface area contributed by atoms with E-state index in [1.54, 1.807) is 6.26 Å². The fourth-order valence-electron chi connectivity index (χ4n) is 2.26. The molecule has 1 atom stereocenters. The standard InChI is InChI=1S/C13H20N2O2/c1-2-15(10-12-6-4-8-17-12)13(16)11-5-3-7-14-9-11/h4,6,8,11,14H,2-3,5,7,9-10H2,1H3. The molecule has 4 heteroatoms. The van der Waals surface area contributed by atoms with E-state index in [9.17, 15) is 4.79 Å². The van der Waals surface area contributed by atoms with Crippen LogP contribution in [0.1, 0.15) is 25.5 Å². The first-order valence-electron chi connectivity index (χ1n) is 6.33. The van der Waals surface area contributed by atoms with Gasteiger partial charge in [0, 0.05) is 13.1 Å². The summed E-state index contributed by atoms with van der Waals surface area (Å²) in [5, 5.41) is 3.28. The first kappa shape index (κ1) is 12.2. The van der Waals surface area contributed by atoms with Gasteiger partial charge < -0.3 is 14.6 Å². The molecule has 2 rings (SSSR count). The Morgan fingerprint density at radius 2 is 2.53 bits per heavy atom. The van der Waals surface area contributed by atoms with Gasteiger partial charge in [0.05, 0.1) is 18.7 Å². The minimum atomic E-state index is 0.138. The Bertz CT molecular complexity index is 342. The van der Waals surface area contributed by atoms with Crippen LogP contribution in [0.5, 0.6) is 0 Å². The molecule has 1 aliphatic heterocycles. The highest BCUT2D eigenvalue weighted by atomic mass is 16.3. The van der Waals surface area contributed by atoms with Gasteiger partial charge in [-0.15, -0.1) is 0 Å². The van der Waals surface area contributed by atoms with Crippen molar-refractivity contribution in [1.82, 2.24) is 10.2 Å². The topological polar surface area (TPSA) is 45.5 Å². The van der Waals surface area contributed by atoms with E-state index in [-0.39, 0.29) is 11.8 Å². The minimum absolute atomic E-state index is 0.138. The van der Waals surface area contributed by atoms with Crippen molar-refractivity contribution in [2.45, 2.75) is 26.3 Å². The summed E-state index contributed by atoms with van der Waals surface area (Å²) >= 11 is 0. The first-order valence-corrected chi connectivity index (χ1v) is 6.33. The lowest BCUT2D eigenvalue weighted by Crippen LogP contribution is -2.42. The molecular weight excluding hydrogens is 216 g/mol. The summed E-state index contributed by atoms with van der Waals surface area (Å²) in [6, 6.07) is 3.77. The normalized spacial score (nSPS) is 20.2. The molecule has 0 radical (unpaired) electrons. The van der Waals surface area contributed by atoms with E-state index in [2.05, 4.69) is 5.32 Å². The Kier molecular flexibility index (Phi) is 4.20. The van der Waals surface area contributed by atoms with Crippen LogP contribution in [0.25, 0.3) is 0 Å². The van der Waals surface area contributed by atoms with Gasteiger partial charge in [-0.2, -0.15) is 0 Å². The molecule has 1 amide bonds. The van der Waals surface area contributed by atoms with Crippen LogP contribution in [0.3, 0.4) is 0 Å². The zero-order valence-electron chi connectivity index (χ0n) is 10.3. The molecule has 1 saturated heterocycles. The number of nitrogens with zero attached hydrogens (tertiary/aromatic N) is 1. The second kappa shape index (κ2) is 5.87. The molecule has 4 nitrogen and oxygen atoms in total. The molecule has 0 bridgehead atoms. The van der Waals surface area contributed by atoms with Gasteiger partial charge in [-0.3, -0.25) is 4.79 Å². The van der Waals surface area contributed by atoms with Crippen molar-refractivity contribution >= 4 is 5.91 Å². The Hall–Kier alpha value is -1.29. The van der Waals surface area contributed by atoms with Gasteiger partial charge in [0.1, 0.15) is 5.76 Å². The molecule has 0 spiro atoms. The third-order valence-corrected chi connectivity index (χ3v) is 3.27. The molecule has 0 aromatic carbocycles. The van der Waals surface area contributed by atoms with Gasteiger partial charge >= 0.3 is 0 Å². The van der Waals surface area contributed by atoms with Crippen LogP contribution in [-0.4, -0.2) is 30.4 Å². The lowest BCUT2D eigenvalue weighted by atomic mass is 9.98. The van der Waals surface area contributed by atoms with Crippen molar-refractivity contribution < 1.29 is 9.21 Å². The van der Waals surface area contributed by atoms with Crippen LogP contribution in [0.2, 0.25) is 0 Å². The molecular formula is C13H20N2O2. The highest BCUT2D eigenvalue weighted by molar-refractivity contribution is 5.79. The van der Waals surface area contributed by atoms with Gasteiger partial charge in [0.25, 0.3) is 0 Å². The zero-order valence-corrected chi connectivity index (χ0v) is 10.3. The molecule has 1 unspecified atom stereocenters. The highest BCUT2D eigenvalue weighted by Crippen LogP contribution is 2.15. The van der Waals surface area contributed by atoms with E-state index >= 15 is 0 Å². The van der Waals surface area contributed by atoms with Gasteiger partial charge in [-0.1, -0.05) is 0 Å². The SMILES string of the molecule is CCN(Cc1ccco1)C(=O)C1CCCNC1. The monoisotopic (exact) mass is 236 g/mol. The fourth-order valence-corrected chi connectivity index (χ4v) is 2.26. The lowest BCUT2D eigenvalue weighted by molar-refractivity contribution is -0.136. The van der Waals surface area contributed by atoms with Crippen molar-refractivity contribution in [2.75, 3.05) is 19.6 Å². The Labute approximate surface area is 102 Å². The number of carbonyl (C=O) groups is 1. The van der Waals surface area contributed by atoms with E-state index < -0.39 is 0 Å². The number of amides is 1. The summed E-state index contributed by atoms with van der Waals surface area (Å²) in [5.41, 5.74) is 0. The number of hydrogen-bond acceptors (Lipinski definition) is 3. The largest absolute Gasteiger partial charge is 0.467 e. The number of furan rings is 1. The quantitative estimate of drug-likeness (QED) is 0.864. The molecule has 1 aliphatic rings. The van der Waals surface area contributed by atoms with E-state index in [0.29, 0.717) is 6.54 Å². The van der Waals surface area contributed by atoms with Crippen molar-refractivity contribution in [1.29, 1.82) is 0 Å². The molecule has 0 aliphatic carbocycles. The molecule has 2 heterocycles. The number of rotatable bonds is 4. The van der Waals surface area contributed by atoms with Crippen LogP contribution < -0.4 is 5.32 Å². The summed E-state index contributed by atoms with van der Waals surface area (Å²) in [7, 11) is 0. The van der Waals surface area contributed by atoms with Crippen LogP contribution in [0, 0.1) is 5.92 Å². The van der Waals surface area contributed by atoms with E-state index in [0.717, 1.165) is 38.2 Å². The fraction of sp³-hybridized carbons (Fsp3) is 0.615. The molecule has 1 aromatic rings. The van der Waals surface area contributed by atoms with Crippen LogP contribution in [0.15, 0.2) is 22.8 Å². The second-order valence-corrected chi connectivity index (χ2v) is 4.48. The Morgan fingerprint density at radius 3 is 3.12 bits per heavy atom. The third-order valence-electron chi connectivity index (χ3n) is 3.27. The average Bonchev–Trinajstić information content (AvgIpc) is 2.89. The smallest absolute Gasteiger partial charge is 0.227 e. The maximum atomic E-state index is 12.3. The summed E-state index contributed by atoms with van der Waals surface area (Å²) in [6.07, 6.45) is 3.74. The Morgan fingerprint density at radius 1 is 1.65 bits per heavy atom. The van der Waals surface area contributed by atoms with Crippen molar-refractivity contribution in [2.24, 2.45) is 5.92 Å². The number of carbonyl (C=O) groups excluding carboxylic acids is 1. The molecule has 94 valence electrons. The van der Waals surface area contributed by atoms with E-state index in [1.165, 1.54) is 0 Å². The minimum Gasteiger partial charge on any atom is -0.467 e. The van der Waals surface area contributed by atoms with Crippen molar-refractivity contribution in [3.8, 4) is 0 Å².